The predicted octanol–water partition coefficient (Wildman–Crippen LogP) is 0.274. The van der Waals surface area contributed by atoms with Crippen LogP contribution in [0.3, 0.4) is 0 Å². The van der Waals surface area contributed by atoms with Gasteiger partial charge in [-0.15, -0.1) is 0 Å². The number of hydrogen-bond acceptors (Lipinski definition) is 3. The Hall–Kier alpha value is -0.100. The number of nitrogens with zero attached hydrogens (tertiary/aromatic N) is 1. The zero-order valence-electron chi connectivity index (χ0n) is 8.07. The first-order valence-corrected chi connectivity index (χ1v) is 7.62. The van der Waals surface area contributed by atoms with Crippen LogP contribution in [0.1, 0.15) is 6.42 Å². The summed E-state index contributed by atoms with van der Waals surface area (Å²) in [5.41, 5.74) is 0. The molecular weight excluding hydrogens is 270 g/mol. The van der Waals surface area contributed by atoms with Crippen molar-refractivity contribution in [2.75, 3.05) is 30.4 Å². The zero-order valence-corrected chi connectivity index (χ0v) is 10.5. The molecule has 0 bridgehead atoms. The molecule has 0 aromatic rings. The van der Waals surface area contributed by atoms with E-state index >= 15 is 0 Å². The highest BCUT2D eigenvalue weighted by atomic mass is 79.9. The molecule has 4 nitrogen and oxygen atoms in total. The van der Waals surface area contributed by atoms with Crippen LogP contribution >= 0.6 is 15.9 Å². The Balaban J connectivity index is 2.48. The van der Waals surface area contributed by atoms with E-state index in [-0.39, 0.29) is 11.7 Å². The van der Waals surface area contributed by atoms with E-state index < -0.39 is 9.84 Å². The van der Waals surface area contributed by atoms with Gasteiger partial charge in [-0.1, -0.05) is 15.9 Å². The number of sulfone groups is 1. The Kier molecular flexibility index (Phi) is 3.94. The lowest BCUT2D eigenvalue weighted by Gasteiger charge is -2.15. The number of halogens is 1. The van der Waals surface area contributed by atoms with Crippen LogP contribution in [0.15, 0.2) is 0 Å². The maximum Gasteiger partial charge on any atom is 0.237 e. The first-order chi connectivity index (χ1) is 6.42. The summed E-state index contributed by atoms with van der Waals surface area (Å²) in [5, 5.41) is 0.871. The smallest absolute Gasteiger partial charge is 0.237 e. The number of carbonyl (C=O) groups is 1. The van der Waals surface area contributed by atoms with Crippen molar-refractivity contribution in [3.63, 3.8) is 0 Å². The third-order valence-corrected chi connectivity index (χ3v) is 3.93. The highest BCUT2D eigenvalue weighted by Gasteiger charge is 2.26. The maximum atomic E-state index is 11.5. The number of amides is 1. The largest absolute Gasteiger partial charge is 0.342 e. The zero-order chi connectivity index (χ0) is 10.8. The molecule has 82 valence electrons. The molecule has 0 radical (unpaired) electrons. The van der Waals surface area contributed by atoms with Gasteiger partial charge in [0, 0.05) is 24.7 Å². The minimum absolute atomic E-state index is 0.268. The quantitative estimate of drug-likeness (QED) is 0.699. The van der Waals surface area contributed by atoms with Gasteiger partial charge >= 0.3 is 0 Å². The highest BCUT2D eigenvalue weighted by molar-refractivity contribution is 9.09. The molecular formula is C8H14BrNO3S. The molecule has 1 aliphatic rings. The molecule has 6 heteroatoms. The average molecular weight is 284 g/mol. The predicted molar refractivity (Wildman–Crippen MR) is 58.2 cm³/mol. The second-order valence-corrected chi connectivity index (χ2v) is 6.51. The molecule has 0 N–H and O–H groups in total. The Morgan fingerprint density at radius 1 is 1.57 bits per heavy atom. The van der Waals surface area contributed by atoms with Crippen LogP contribution in [0.25, 0.3) is 0 Å². The fourth-order valence-corrected chi connectivity index (χ4v) is 2.66. The van der Waals surface area contributed by atoms with Gasteiger partial charge in [-0.3, -0.25) is 4.79 Å². The first kappa shape index (κ1) is 12.0. The number of alkyl halides is 1. The lowest BCUT2D eigenvalue weighted by molar-refractivity contribution is -0.127. The average Bonchev–Trinajstić information content (AvgIpc) is 2.48. The molecule has 0 saturated carbocycles. The van der Waals surface area contributed by atoms with Crippen LogP contribution in [-0.4, -0.2) is 49.7 Å². The third kappa shape index (κ3) is 3.57. The van der Waals surface area contributed by atoms with Crippen LogP contribution in [0.5, 0.6) is 0 Å². The van der Waals surface area contributed by atoms with Crippen molar-refractivity contribution < 1.29 is 13.2 Å². The molecule has 0 aromatic carbocycles. The van der Waals surface area contributed by atoms with E-state index in [2.05, 4.69) is 15.9 Å². The van der Waals surface area contributed by atoms with E-state index in [0.29, 0.717) is 19.0 Å². The summed E-state index contributed by atoms with van der Waals surface area (Å²) in [6.07, 6.45) is 2.05. The van der Waals surface area contributed by atoms with Crippen molar-refractivity contribution in [1.29, 1.82) is 0 Å². The topological polar surface area (TPSA) is 54.5 Å². The van der Waals surface area contributed by atoms with Crippen molar-refractivity contribution in [2.24, 2.45) is 5.92 Å². The van der Waals surface area contributed by atoms with Crippen LogP contribution in [-0.2, 0) is 14.6 Å². The first-order valence-electron chi connectivity index (χ1n) is 4.44. The second-order valence-electron chi connectivity index (χ2n) is 3.72. The Bertz CT molecular complexity index is 315. The van der Waals surface area contributed by atoms with Crippen molar-refractivity contribution in [1.82, 2.24) is 4.90 Å². The monoisotopic (exact) mass is 283 g/mol. The summed E-state index contributed by atoms with van der Waals surface area (Å²) in [7, 11) is -3.19. The van der Waals surface area contributed by atoms with Gasteiger partial charge in [0.15, 0.2) is 9.84 Å². The van der Waals surface area contributed by atoms with Crippen molar-refractivity contribution >= 4 is 31.7 Å². The van der Waals surface area contributed by atoms with Gasteiger partial charge in [0.25, 0.3) is 0 Å². The SMILES string of the molecule is CS(=O)(=O)CC(=O)N1CCC(CBr)C1. The number of rotatable bonds is 3. The third-order valence-electron chi connectivity index (χ3n) is 2.24. The van der Waals surface area contributed by atoms with Gasteiger partial charge in [-0.05, 0) is 12.3 Å². The second kappa shape index (κ2) is 4.61. The summed E-state index contributed by atoms with van der Waals surface area (Å²) < 4.78 is 21.8. The molecule has 1 amide bonds. The Morgan fingerprint density at radius 3 is 2.64 bits per heavy atom. The van der Waals surface area contributed by atoms with Crippen LogP contribution in [0, 0.1) is 5.92 Å². The molecule has 1 rings (SSSR count). The molecule has 1 unspecified atom stereocenters. The van der Waals surface area contributed by atoms with Gasteiger partial charge in [-0.2, -0.15) is 0 Å². The van der Waals surface area contributed by atoms with E-state index in [1.54, 1.807) is 4.90 Å². The number of carbonyl (C=O) groups excluding carboxylic acids is 1. The standard InChI is InChI=1S/C8H14BrNO3S/c1-14(12,13)6-8(11)10-3-2-7(4-9)5-10/h7H,2-6H2,1H3. The lowest BCUT2D eigenvalue weighted by Crippen LogP contribution is -2.33. The fourth-order valence-electron chi connectivity index (χ4n) is 1.50. The van der Waals surface area contributed by atoms with Crippen molar-refractivity contribution in [3.05, 3.63) is 0 Å². The summed E-state index contributed by atoms with van der Waals surface area (Å²) in [4.78, 5) is 13.1. The van der Waals surface area contributed by atoms with Crippen molar-refractivity contribution in [3.8, 4) is 0 Å². The maximum absolute atomic E-state index is 11.5. The van der Waals surface area contributed by atoms with Gasteiger partial charge in [-0.25, -0.2) is 8.42 Å². The van der Waals surface area contributed by atoms with E-state index in [1.165, 1.54) is 0 Å². The van der Waals surface area contributed by atoms with E-state index in [4.69, 9.17) is 0 Å². The van der Waals surface area contributed by atoms with Gasteiger partial charge in [0.05, 0.1) is 0 Å². The fraction of sp³-hybridized carbons (Fsp3) is 0.875. The number of hydrogen-bond donors (Lipinski definition) is 0. The molecule has 0 aromatic heterocycles. The molecule has 14 heavy (non-hydrogen) atoms. The van der Waals surface area contributed by atoms with Gasteiger partial charge < -0.3 is 4.90 Å². The van der Waals surface area contributed by atoms with E-state index in [0.717, 1.165) is 18.0 Å². The Labute approximate surface area is 92.7 Å². The molecule has 1 saturated heterocycles. The summed E-state index contributed by atoms with van der Waals surface area (Å²) >= 11 is 3.36. The van der Waals surface area contributed by atoms with Crippen LogP contribution in [0.4, 0.5) is 0 Å². The number of likely N-dealkylation sites (tertiary alicyclic amines) is 1. The van der Waals surface area contributed by atoms with Gasteiger partial charge in [0.2, 0.25) is 5.91 Å². The minimum Gasteiger partial charge on any atom is -0.342 e. The van der Waals surface area contributed by atoms with Gasteiger partial charge in [0.1, 0.15) is 5.75 Å². The molecule has 1 atom stereocenters. The normalized spacial score (nSPS) is 22.7. The van der Waals surface area contributed by atoms with E-state index in [1.807, 2.05) is 0 Å². The van der Waals surface area contributed by atoms with E-state index in [9.17, 15) is 13.2 Å². The lowest BCUT2D eigenvalue weighted by atomic mass is 10.2. The van der Waals surface area contributed by atoms with Crippen LogP contribution < -0.4 is 0 Å². The summed E-state index contributed by atoms with van der Waals surface area (Å²) in [6.45, 7) is 1.37. The van der Waals surface area contributed by atoms with Crippen LogP contribution in [0.2, 0.25) is 0 Å². The molecule has 1 heterocycles. The summed E-state index contributed by atoms with van der Waals surface area (Å²) in [5.74, 6) is -0.156. The molecule has 0 spiro atoms. The molecule has 0 aliphatic carbocycles. The summed E-state index contributed by atoms with van der Waals surface area (Å²) in [6, 6.07) is 0. The Morgan fingerprint density at radius 2 is 2.21 bits per heavy atom. The van der Waals surface area contributed by atoms with Crippen molar-refractivity contribution in [2.45, 2.75) is 6.42 Å². The highest BCUT2D eigenvalue weighted by Crippen LogP contribution is 2.18. The minimum atomic E-state index is -3.19. The molecule has 1 fully saturated rings. The molecule has 1 aliphatic heterocycles.